The first-order valence-corrected chi connectivity index (χ1v) is 7.35. The molecule has 1 aromatic carbocycles. The first-order valence-electron chi connectivity index (χ1n) is 7.35. The van der Waals surface area contributed by atoms with E-state index in [9.17, 15) is 4.79 Å². The van der Waals surface area contributed by atoms with E-state index in [1.807, 2.05) is 18.2 Å². The van der Waals surface area contributed by atoms with Gasteiger partial charge in [-0.15, -0.1) is 0 Å². The van der Waals surface area contributed by atoms with Gasteiger partial charge in [0.1, 0.15) is 5.75 Å². The molecule has 1 unspecified atom stereocenters. The van der Waals surface area contributed by atoms with Crippen molar-refractivity contribution in [2.24, 2.45) is 0 Å². The van der Waals surface area contributed by atoms with Gasteiger partial charge in [0, 0.05) is 18.0 Å². The highest BCUT2D eigenvalue weighted by atomic mass is 16.5. The average molecular weight is 259 g/mol. The molecule has 2 heterocycles. The summed E-state index contributed by atoms with van der Waals surface area (Å²) < 4.78 is 5.58. The van der Waals surface area contributed by atoms with Crippen molar-refractivity contribution in [2.75, 3.05) is 13.2 Å². The first-order chi connectivity index (χ1) is 9.33. The Kier molecular flexibility index (Phi) is 3.83. The van der Waals surface area contributed by atoms with Crippen molar-refractivity contribution in [3.05, 3.63) is 29.3 Å². The number of fused-ring (bicyclic) bond motifs is 1. The lowest BCUT2D eigenvalue weighted by Gasteiger charge is -2.23. The van der Waals surface area contributed by atoms with Crippen LogP contribution >= 0.6 is 0 Å². The Hall–Kier alpha value is -1.35. The quantitative estimate of drug-likeness (QED) is 0.848. The van der Waals surface area contributed by atoms with Gasteiger partial charge in [0.2, 0.25) is 0 Å². The predicted molar refractivity (Wildman–Crippen MR) is 74.8 cm³/mol. The van der Waals surface area contributed by atoms with Crippen molar-refractivity contribution >= 4 is 5.78 Å². The van der Waals surface area contributed by atoms with Gasteiger partial charge in [0.25, 0.3) is 0 Å². The van der Waals surface area contributed by atoms with Crippen molar-refractivity contribution in [1.82, 2.24) is 5.32 Å². The number of ketones is 1. The monoisotopic (exact) mass is 259 g/mol. The summed E-state index contributed by atoms with van der Waals surface area (Å²) in [6.07, 6.45) is 6.30. The number of benzene rings is 1. The zero-order chi connectivity index (χ0) is 13.1. The molecule has 1 N–H and O–H groups in total. The highest BCUT2D eigenvalue weighted by molar-refractivity contribution is 5.96. The number of hydrogen-bond donors (Lipinski definition) is 1. The van der Waals surface area contributed by atoms with Gasteiger partial charge in [-0.05, 0) is 56.0 Å². The Balaban J connectivity index is 1.69. The second-order valence-electron chi connectivity index (χ2n) is 5.55. The molecule has 0 saturated carbocycles. The molecule has 1 saturated heterocycles. The van der Waals surface area contributed by atoms with E-state index in [-0.39, 0.29) is 5.78 Å². The summed E-state index contributed by atoms with van der Waals surface area (Å²) in [6, 6.07) is 6.26. The van der Waals surface area contributed by atoms with Gasteiger partial charge in [0.05, 0.1) is 6.61 Å². The molecule has 1 atom stereocenters. The number of Topliss-reactive ketones (excluding diaryl/α,β-unsaturated/α-hetero) is 1. The summed E-state index contributed by atoms with van der Waals surface area (Å²) in [5, 5.41) is 3.44. The topological polar surface area (TPSA) is 38.3 Å². The van der Waals surface area contributed by atoms with Crippen LogP contribution in [0.3, 0.4) is 0 Å². The van der Waals surface area contributed by atoms with Gasteiger partial charge >= 0.3 is 0 Å². The van der Waals surface area contributed by atoms with Crippen LogP contribution in [0.15, 0.2) is 18.2 Å². The van der Waals surface area contributed by atoms with Gasteiger partial charge < -0.3 is 10.1 Å². The molecule has 3 heteroatoms. The fourth-order valence-electron chi connectivity index (χ4n) is 2.97. The van der Waals surface area contributed by atoms with Crippen molar-refractivity contribution in [3.63, 3.8) is 0 Å². The van der Waals surface area contributed by atoms with Crippen LogP contribution in [0.2, 0.25) is 0 Å². The lowest BCUT2D eigenvalue weighted by Crippen LogP contribution is -2.35. The van der Waals surface area contributed by atoms with Crippen LogP contribution in [0.5, 0.6) is 5.75 Å². The summed E-state index contributed by atoms with van der Waals surface area (Å²) in [6.45, 7) is 1.85. The van der Waals surface area contributed by atoms with Crippen LogP contribution < -0.4 is 10.1 Å². The number of carbonyl (C=O) groups is 1. The maximum atomic E-state index is 12.3. The largest absolute Gasteiger partial charge is 0.493 e. The minimum Gasteiger partial charge on any atom is -0.493 e. The van der Waals surface area contributed by atoms with Crippen LogP contribution in [0.1, 0.15) is 48.0 Å². The molecule has 1 fully saturated rings. The highest BCUT2D eigenvalue weighted by Gasteiger charge is 2.19. The van der Waals surface area contributed by atoms with Gasteiger partial charge in [0.15, 0.2) is 5.78 Å². The molecule has 0 bridgehead atoms. The minimum atomic E-state index is 0.257. The Bertz CT molecular complexity index is 464. The minimum absolute atomic E-state index is 0.257. The number of nitrogens with one attached hydrogen (secondary N) is 1. The molecule has 3 rings (SSSR count). The molecule has 3 nitrogen and oxygen atoms in total. The van der Waals surface area contributed by atoms with Gasteiger partial charge in [-0.1, -0.05) is 6.42 Å². The van der Waals surface area contributed by atoms with E-state index in [0.717, 1.165) is 43.7 Å². The molecular formula is C16H21NO2. The van der Waals surface area contributed by atoms with E-state index < -0.39 is 0 Å². The number of aryl methyl sites for hydroxylation is 1. The van der Waals surface area contributed by atoms with E-state index >= 15 is 0 Å². The Morgan fingerprint density at radius 2 is 2.26 bits per heavy atom. The lowest BCUT2D eigenvalue weighted by atomic mass is 9.95. The maximum absolute atomic E-state index is 12.3. The molecule has 1 aromatic rings. The van der Waals surface area contributed by atoms with Crippen molar-refractivity contribution in [1.29, 1.82) is 0 Å². The Morgan fingerprint density at radius 3 is 3.11 bits per heavy atom. The van der Waals surface area contributed by atoms with Gasteiger partial charge in [-0.2, -0.15) is 0 Å². The zero-order valence-electron chi connectivity index (χ0n) is 11.3. The molecule has 0 amide bonds. The smallest absolute Gasteiger partial charge is 0.164 e. The molecule has 2 aliphatic heterocycles. The summed E-state index contributed by atoms with van der Waals surface area (Å²) in [7, 11) is 0. The summed E-state index contributed by atoms with van der Waals surface area (Å²) in [4.78, 5) is 12.3. The Labute approximate surface area is 114 Å². The number of piperidine rings is 1. The SMILES string of the molecule is O=C(CC1CCCCN1)c1ccc2c(c1)CCCO2. The average Bonchev–Trinajstić information content (AvgIpc) is 2.48. The molecule has 0 aliphatic carbocycles. The predicted octanol–water partition coefficient (Wildman–Crippen LogP) is 2.73. The number of rotatable bonds is 3. The third-order valence-electron chi connectivity index (χ3n) is 4.07. The van der Waals surface area contributed by atoms with E-state index in [1.165, 1.54) is 18.4 Å². The van der Waals surface area contributed by atoms with E-state index in [0.29, 0.717) is 12.5 Å². The van der Waals surface area contributed by atoms with Crippen molar-refractivity contribution in [3.8, 4) is 5.75 Å². The molecular weight excluding hydrogens is 238 g/mol. The van der Waals surface area contributed by atoms with Crippen LogP contribution in [0, 0.1) is 0 Å². The molecule has 2 aliphatic rings. The summed E-state index contributed by atoms with van der Waals surface area (Å²) in [5.74, 6) is 1.21. The van der Waals surface area contributed by atoms with E-state index in [4.69, 9.17) is 4.74 Å². The lowest BCUT2D eigenvalue weighted by molar-refractivity contribution is 0.0963. The van der Waals surface area contributed by atoms with Crippen LogP contribution in [-0.4, -0.2) is 25.0 Å². The molecule has 0 radical (unpaired) electrons. The molecule has 0 aromatic heterocycles. The normalized spacial score (nSPS) is 22.4. The summed E-state index contributed by atoms with van der Waals surface area (Å²) in [5.41, 5.74) is 2.03. The fraction of sp³-hybridized carbons (Fsp3) is 0.562. The number of carbonyl (C=O) groups excluding carboxylic acids is 1. The van der Waals surface area contributed by atoms with Gasteiger partial charge in [-0.3, -0.25) is 4.79 Å². The molecule has 19 heavy (non-hydrogen) atoms. The van der Waals surface area contributed by atoms with Crippen LogP contribution in [0.4, 0.5) is 0 Å². The Morgan fingerprint density at radius 1 is 1.32 bits per heavy atom. The summed E-state index contributed by atoms with van der Waals surface area (Å²) >= 11 is 0. The van der Waals surface area contributed by atoms with E-state index in [1.54, 1.807) is 0 Å². The fourth-order valence-corrected chi connectivity index (χ4v) is 2.97. The second kappa shape index (κ2) is 5.74. The van der Waals surface area contributed by atoms with Crippen molar-refractivity contribution < 1.29 is 9.53 Å². The van der Waals surface area contributed by atoms with Crippen molar-refractivity contribution in [2.45, 2.75) is 44.6 Å². The maximum Gasteiger partial charge on any atom is 0.164 e. The number of ether oxygens (including phenoxy) is 1. The molecule has 102 valence electrons. The molecule has 0 spiro atoms. The highest BCUT2D eigenvalue weighted by Crippen LogP contribution is 2.26. The standard InChI is InChI=1S/C16H21NO2/c18-15(11-14-5-1-2-8-17-14)12-6-7-16-13(10-12)4-3-9-19-16/h6-7,10,14,17H,1-5,8-9,11H2. The first kappa shape index (κ1) is 12.7. The van der Waals surface area contributed by atoms with Crippen LogP contribution in [-0.2, 0) is 6.42 Å². The number of hydrogen-bond acceptors (Lipinski definition) is 3. The third-order valence-corrected chi connectivity index (χ3v) is 4.07. The third kappa shape index (κ3) is 2.98. The zero-order valence-corrected chi connectivity index (χ0v) is 11.3. The second-order valence-corrected chi connectivity index (χ2v) is 5.55. The van der Waals surface area contributed by atoms with Crippen LogP contribution in [0.25, 0.3) is 0 Å². The van der Waals surface area contributed by atoms with Gasteiger partial charge in [-0.25, -0.2) is 0 Å². The van der Waals surface area contributed by atoms with E-state index in [2.05, 4.69) is 5.32 Å².